The molecule has 1 atom stereocenters. The molecule has 5 rings (SSSR count). The van der Waals surface area contributed by atoms with E-state index in [1.165, 1.54) is 16.8 Å². The number of Topliss-reactive ketones (excluding diaryl/α,β-unsaturated/α-hetero) is 1. The zero-order chi connectivity index (χ0) is 24.4. The molecule has 1 N–H and O–H groups in total. The van der Waals surface area contributed by atoms with Gasteiger partial charge in [0.05, 0.1) is 11.7 Å². The van der Waals surface area contributed by atoms with Gasteiger partial charge in [-0.3, -0.25) is 9.69 Å². The third-order valence-electron chi connectivity index (χ3n) is 7.76. The number of benzene rings is 1. The van der Waals surface area contributed by atoms with Gasteiger partial charge in [0.2, 0.25) is 5.95 Å². The van der Waals surface area contributed by atoms with E-state index in [-0.39, 0.29) is 0 Å². The van der Waals surface area contributed by atoms with Gasteiger partial charge < -0.3 is 10.2 Å². The van der Waals surface area contributed by atoms with E-state index >= 15 is 0 Å². The molecule has 1 unspecified atom stereocenters. The summed E-state index contributed by atoms with van der Waals surface area (Å²) in [6.07, 6.45) is 6.08. The molecule has 0 bridgehead atoms. The van der Waals surface area contributed by atoms with Gasteiger partial charge in [-0.25, -0.2) is 9.50 Å². The fourth-order valence-electron chi connectivity index (χ4n) is 5.21. The number of hydrogen-bond donors (Lipinski definition) is 1. The van der Waals surface area contributed by atoms with Crippen molar-refractivity contribution in [2.24, 2.45) is 0 Å². The highest BCUT2D eigenvalue weighted by Crippen LogP contribution is 2.37. The average molecular weight is 475 g/mol. The van der Waals surface area contributed by atoms with E-state index in [0.29, 0.717) is 36.5 Å². The number of likely N-dealkylation sites (N-methyl/N-ethyl adjacent to an activating group) is 1. The number of fused-ring (bicyclic) bond motifs is 1. The largest absolute Gasteiger partial charge is 0.351 e. The number of carbonyl (C=O) groups is 1. The number of piperazine rings is 1. The maximum Gasteiger partial charge on any atom is 0.241 e. The Hall–Kier alpha value is -2.77. The highest BCUT2D eigenvalue weighted by molar-refractivity contribution is 5.82. The standard InChI is InChI=1S/C28H38N6O/c1-4-20(2)30-28-29-18-27-25(17-26(34(27)31-28)23-9-11-24(35)12-10-23)22-7-5-21(6-8-22)19-33-15-13-32(3)14-16-33/h5-8,17-18,20,23H,4,9-16,19H2,1-3H3,(H,30,31). The van der Waals surface area contributed by atoms with Gasteiger partial charge in [-0.1, -0.05) is 31.2 Å². The number of nitrogens with one attached hydrogen (secondary N) is 1. The highest BCUT2D eigenvalue weighted by Gasteiger charge is 2.25. The third kappa shape index (κ3) is 5.41. The molecule has 186 valence electrons. The minimum absolute atomic E-state index is 0.311. The Bertz CT molecular complexity index is 1150. The summed E-state index contributed by atoms with van der Waals surface area (Å²) in [5, 5.41) is 8.32. The Labute approximate surface area is 208 Å². The van der Waals surface area contributed by atoms with E-state index < -0.39 is 0 Å². The van der Waals surface area contributed by atoms with Gasteiger partial charge in [0.15, 0.2) is 0 Å². The van der Waals surface area contributed by atoms with Crippen LogP contribution >= 0.6 is 0 Å². The van der Waals surface area contributed by atoms with Crippen LogP contribution in [0.5, 0.6) is 0 Å². The Kier molecular flexibility index (Phi) is 7.16. The molecule has 0 radical (unpaired) electrons. The molecule has 1 saturated carbocycles. The van der Waals surface area contributed by atoms with Crippen LogP contribution in [-0.2, 0) is 11.3 Å². The van der Waals surface area contributed by atoms with Crippen molar-refractivity contribution in [1.82, 2.24) is 24.4 Å². The first kappa shape index (κ1) is 23.9. The van der Waals surface area contributed by atoms with Crippen LogP contribution in [0, 0.1) is 0 Å². The molecule has 3 aromatic rings. The van der Waals surface area contributed by atoms with Crippen molar-refractivity contribution < 1.29 is 4.79 Å². The van der Waals surface area contributed by atoms with E-state index in [4.69, 9.17) is 5.10 Å². The zero-order valence-electron chi connectivity index (χ0n) is 21.3. The van der Waals surface area contributed by atoms with E-state index in [1.807, 2.05) is 6.20 Å². The second-order valence-corrected chi connectivity index (χ2v) is 10.4. The summed E-state index contributed by atoms with van der Waals surface area (Å²) in [7, 11) is 2.20. The predicted molar refractivity (Wildman–Crippen MR) is 141 cm³/mol. The van der Waals surface area contributed by atoms with Gasteiger partial charge in [-0.2, -0.15) is 0 Å². The van der Waals surface area contributed by atoms with Crippen molar-refractivity contribution in [2.75, 3.05) is 38.5 Å². The molecule has 7 nitrogen and oxygen atoms in total. The zero-order valence-corrected chi connectivity index (χ0v) is 21.3. The molecule has 0 amide bonds. The van der Waals surface area contributed by atoms with E-state index in [1.54, 1.807) is 0 Å². The Morgan fingerprint density at radius 1 is 1.09 bits per heavy atom. The van der Waals surface area contributed by atoms with Crippen molar-refractivity contribution >= 4 is 17.2 Å². The first-order chi connectivity index (χ1) is 17.0. The van der Waals surface area contributed by atoms with Crippen LogP contribution in [-0.4, -0.2) is 69.4 Å². The van der Waals surface area contributed by atoms with Crippen molar-refractivity contribution in [3.05, 3.63) is 47.8 Å². The Morgan fingerprint density at radius 3 is 2.49 bits per heavy atom. The number of anilines is 1. The van der Waals surface area contributed by atoms with Gasteiger partial charge >= 0.3 is 0 Å². The van der Waals surface area contributed by atoms with Gasteiger partial charge in [-0.05, 0) is 50.4 Å². The van der Waals surface area contributed by atoms with Gasteiger partial charge in [0.1, 0.15) is 5.78 Å². The monoisotopic (exact) mass is 474 g/mol. The molecule has 2 aliphatic rings. The SMILES string of the molecule is CCC(C)Nc1ncc2c(-c3ccc(CN4CCN(C)CC4)cc3)cc(C3CCC(=O)CC3)n2n1. The number of aromatic nitrogens is 3. The molecular formula is C28H38N6O. The minimum atomic E-state index is 0.311. The topological polar surface area (TPSA) is 65.8 Å². The van der Waals surface area contributed by atoms with E-state index in [0.717, 1.165) is 63.1 Å². The molecular weight excluding hydrogens is 436 g/mol. The maximum absolute atomic E-state index is 11.9. The fraction of sp³-hybridized carbons (Fsp3) is 0.536. The van der Waals surface area contributed by atoms with E-state index in [2.05, 4.69) is 75.8 Å². The summed E-state index contributed by atoms with van der Waals surface area (Å²) in [5.74, 6) is 1.38. The molecule has 7 heteroatoms. The first-order valence-corrected chi connectivity index (χ1v) is 13.2. The van der Waals surface area contributed by atoms with Crippen molar-refractivity contribution in [3.63, 3.8) is 0 Å². The van der Waals surface area contributed by atoms with Crippen molar-refractivity contribution in [1.29, 1.82) is 0 Å². The summed E-state index contributed by atoms with van der Waals surface area (Å²) >= 11 is 0. The molecule has 0 spiro atoms. The molecule has 1 aliphatic heterocycles. The summed E-state index contributed by atoms with van der Waals surface area (Å²) in [4.78, 5) is 21.5. The highest BCUT2D eigenvalue weighted by atomic mass is 16.1. The number of carbonyl (C=O) groups excluding carboxylic acids is 1. The smallest absolute Gasteiger partial charge is 0.241 e. The fourth-order valence-corrected chi connectivity index (χ4v) is 5.21. The molecule has 1 saturated heterocycles. The van der Waals surface area contributed by atoms with Crippen LogP contribution in [0.2, 0.25) is 0 Å². The molecule has 2 fully saturated rings. The quantitative estimate of drug-likeness (QED) is 0.541. The third-order valence-corrected chi connectivity index (χ3v) is 7.76. The lowest BCUT2D eigenvalue weighted by molar-refractivity contribution is -0.120. The molecule has 3 heterocycles. The Balaban J connectivity index is 1.44. The van der Waals surface area contributed by atoms with Crippen LogP contribution in [0.3, 0.4) is 0 Å². The lowest BCUT2D eigenvalue weighted by Gasteiger charge is -2.32. The summed E-state index contributed by atoms with van der Waals surface area (Å²) in [6.45, 7) is 9.82. The average Bonchev–Trinajstić information content (AvgIpc) is 3.25. The maximum atomic E-state index is 11.9. The van der Waals surface area contributed by atoms with Crippen LogP contribution < -0.4 is 5.32 Å². The molecule has 35 heavy (non-hydrogen) atoms. The van der Waals surface area contributed by atoms with Gasteiger partial charge in [0, 0.05) is 68.8 Å². The Morgan fingerprint density at radius 2 is 1.80 bits per heavy atom. The predicted octanol–water partition coefficient (Wildman–Crippen LogP) is 4.58. The first-order valence-electron chi connectivity index (χ1n) is 13.2. The number of rotatable bonds is 7. The van der Waals surface area contributed by atoms with Crippen LogP contribution in [0.25, 0.3) is 16.6 Å². The summed E-state index contributed by atoms with van der Waals surface area (Å²) < 4.78 is 2.08. The molecule has 1 aromatic carbocycles. The van der Waals surface area contributed by atoms with Crippen molar-refractivity contribution in [3.8, 4) is 11.1 Å². The molecule has 2 aromatic heterocycles. The summed E-state index contributed by atoms with van der Waals surface area (Å²) in [6, 6.07) is 11.6. The lowest BCUT2D eigenvalue weighted by atomic mass is 9.86. The second kappa shape index (κ2) is 10.5. The van der Waals surface area contributed by atoms with Crippen LogP contribution in [0.1, 0.15) is 63.1 Å². The molecule has 1 aliphatic carbocycles. The van der Waals surface area contributed by atoms with Crippen LogP contribution in [0.4, 0.5) is 5.95 Å². The van der Waals surface area contributed by atoms with Gasteiger partial charge in [0.25, 0.3) is 0 Å². The second-order valence-electron chi connectivity index (χ2n) is 10.4. The minimum Gasteiger partial charge on any atom is -0.351 e. The van der Waals surface area contributed by atoms with Crippen LogP contribution in [0.15, 0.2) is 36.5 Å². The number of nitrogens with zero attached hydrogens (tertiary/aromatic N) is 5. The van der Waals surface area contributed by atoms with Crippen molar-refractivity contribution in [2.45, 2.75) is 64.5 Å². The number of ketones is 1. The number of hydrogen-bond acceptors (Lipinski definition) is 6. The summed E-state index contributed by atoms with van der Waals surface area (Å²) in [5.41, 5.74) is 5.92. The van der Waals surface area contributed by atoms with Gasteiger partial charge in [-0.15, -0.1) is 5.10 Å². The normalized spacial score (nSPS) is 19.3. The van der Waals surface area contributed by atoms with E-state index in [9.17, 15) is 4.79 Å². The lowest BCUT2D eigenvalue weighted by Crippen LogP contribution is -2.43.